The monoisotopic (exact) mass is 322 g/mol. The second-order valence-electron chi connectivity index (χ2n) is 3.81. The molecule has 0 aromatic heterocycles. The fraction of sp³-hybridized carbons (Fsp3) is 0.200. The first kappa shape index (κ1) is 13.7. The van der Waals surface area contributed by atoms with Gasteiger partial charge in [-0.2, -0.15) is 0 Å². The van der Waals surface area contributed by atoms with Gasteiger partial charge < -0.3 is 4.74 Å². The molecule has 3 heteroatoms. The molecule has 0 bridgehead atoms. The Labute approximate surface area is 121 Å². The lowest BCUT2D eigenvalue weighted by atomic mass is 10.2. The first-order chi connectivity index (χ1) is 8.86. The van der Waals surface area contributed by atoms with E-state index >= 15 is 0 Å². The fourth-order valence-corrected chi connectivity index (χ4v) is 2.72. The summed E-state index contributed by atoms with van der Waals surface area (Å²) in [7, 11) is 0. The molecule has 0 N–H and O–H groups in total. The maximum Gasteiger partial charge on any atom is 0.0728 e. The molecular formula is C15H15BrOS. The van der Waals surface area contributed by atoms with Crippen LogP contribution in [0.3, 0.4) is 0 Å². The van der Waals surface area contributed by atoms with Crippen LogP contribution < -0.4 is 0 Å². The molecule has 0 heterocycles. The molecule has 0 aliphatic heterocycles. The maximum absolute atomic E-state index is 5.67. The van der Waals surface area contributed by atoms with Gasteiger partial charge in [0.1, 0.15) is 0 Å². The van der Waals surface area contributed by atoms with Gasteiger partial charge >= 0.3 is 0 Å². The summed E-state index contributed by atoms with van der Waals surface area (Å²) in [6.45, 7) is 1.43. The number of ether oxygens (including phenoxy) is 1. The van der Waals surface area contributed by atoms with E-state index in [4.69, 9.17) is 4.74 Å². The number of hydrogen-bond donors (Lipinski definition) is 0. The van der Waals surface area contributed by atoms with Gasteiger partial charge in [-0.15, -0.1) is 11.8 Å². The maximum atomic E-state index is 5.67. The lowest BCUT2D eigenvalue weighted by Gasteiger charge is -2.06. The van der Waals surface area contributed by atoms with Crippen molar-refractivity contribution in [2.45, 2.75) is 11.5 Å². The summed E-state index contributed by atoms with van der Waals surface area (Å²) in [4.78, 5) is 1.29. The number of rotatable bonds is 6. The quantitative estimate of drug-likeness (QED) is 0.560. The Bertz CT molecular complexity index is 473. The van der Waals surface area contributed by atoms with Crippen LogP contribution in [0.25, 0.3) is 0 Å². The summed E-state index contributed by atoms with van der Waals surface area (Å²) in [6.07, 6.45) is 0. The van der Waals surface area contributed by atoms with Crippen LogP contribution in [0.1, 0.15) is 5.56 Å². The molecule has 0 unspecified atom stereocenters. The highest BCUT2D eigenvalue weighted by atomic mass is 79.9. The third-order valence-electron chi connectivity index (χ3n) is 2.46. The molecule has 94 valence electrons. The van der Waals surface area contributed by atoms with Crippen molar-refractivity contribution in [3.8, 4) is 0 Å². The lowest BCUT2D eigenvalue weighted by molar-refractivity contribution is 0.136. The number of thioether (sulfide) groups is 1. The highest BCUT2D eigenvalue weighted by molar-refractivity contribution is 9.10. The predicted octanol–water partition coefficient (Wildman–Crippen LogP) is 4.76. The van der Waals surface area contributed by atoms with E-state index in [-0.39, 0.29) is 0 Å². The van der Waals surface area contributed by atoms with Gasteiger partial charge in [-0.3, -0.25) is 0 Å². The van der Waals surface area contributed by atoms with Crippen LogP contribution in [0, 0.1) is 0 Å². The molecule has 0 saturated heterocycles. The molecule has 0 atom stereocenters. The highest BCUT2D eigenvalue weighted by Gasteiger charge is 1.98. The summed E-state index contributed by atoms with van der Waals surface area (Å²) >= 11 is 5.34. The minimum absolute atomic E-state index is 0.663. The van der Waals surface area contributed by atoms with Gasteiger partial charge in [0, 0.05) is 15.1 Å². The van der Waals surface area contributed by atoms with Crippen LogP contribution in [0.4, 0.5) is 0 Å². The normalized spacial score (nSPS) is 10.5. The first-order valence-corrected chi connectivity index (χ1v) is 7.63. The van der Waals surface area contributed by atoms with Crippen molar-refractivity contribution in [1.82, 2.24) is 0 Å². The summed E-state index contributed by atoms with van der Waals surface area (Å²) in [5, 5.41) is 0. The predicted molar refractivity (Wildman–Crippen MR) is 81.0 cm³/mol. The van der Waals surface area contributed by atoms with E-state index in [9.17, 15) is 0 Å². The van der Waals surface area contributed by atoms with Crippen molar-refractivity contribution >= 4 is 27.7 Å². The SMILES string of the molecule is Brc1ccccc1COCCSc1ccccc1. The van der Waals surface area contributed by atoms with E-state index in [1.54, 1.807) is 0 Å². The van der Waals surface area contributed by atoms with Crippen LogP contribution in [0.2, 0.25) is 0 Å². The van der Waals surface area contributed by atoms with Gasteiger partial charge in [0.25, 0.3) is 0 Å². The van der Waals surface area contributed by atoms with Crippen LogP contribution in [0.15, 0.2) is 64.0 Å². The van der Waals surface area contributed by atoms with E-state index in [1.165, 1.54) is 10.5 Å². The zero-order chi connectivity index (χ0) is 12.6. The Morgan fingerprint density at radius 2 is 1.67 bits per heavy atom. The molecule has 0 fully saturated rings. The minimum atomic E-state index is 0.663. The molecule has 0 saturated carbocycles. The van der Waals surface area contributed by atoms with E-state index < -0.39 is 0 Å². The van der Waals surface area contributed by atoms with Crippen LogP contribution in [-0.4, -0.2) is 12.4 Å². The first-order valence-electron chi connectivity index (χ1n) is 5.85. The van der Waals surface area contributed by atoms with Crippen molar-refractivity contribution in [2.75, 3.05) is 12.4 Å². The summed E-state index contributed by atoms with van der Waals surface area (Å²) in [5.41, 5.74) is 1.20. The summed E-state index contributed by atoms with van der Waals surface area (Å²) < 4.78 is 6.78. The molecule has 0 aliphatic rings. The average molecular weight is 323 g/mol. The molecule has 0 aliphatic carbocycles. The van der Waals surface area contributed by atoms with Crippen molar-refractivity contribution in [3.05, 3.63) is 64.6 Å². The standard InChI is InChI=1S/C15H15BrOS/c16-15-9-5-4-6-13(15)12-17-10-11-18-14-7-2-1-3-8-14/h1-9H,10-12H2. The van der Waals surface area contributed by atoms with Crippen LogP contribution >= 0.6 is 27.7 Å². The Morgan fingerprint density at radius 1 is 0.944 bits per heavy atom. The second kappa shape index (κ2) is 7.62. The Kier molecular flexibility index (Phi) is 5.78. The van der Waals surface area contributed by atoms with Crippen molar-refractivity contribution < 1.29 is 4.74 Å². The van der Waals surface area contributed by atoms with Gasteiger partial charge in [0.2, 0.25) is 0 Å². The largest absolute Gasteiger partial charge is 0.376 e. The van der Waals surface area contributed by atoms with Crippen molar-refractivity contribution in [2.24, 2.45) is 0 Å². The number of benzene rings is 2. The molecule has 18 heavy (non-hydrogen) atoms. The van der Waals surface area contributed by atoms with Gasteiger partial charge in [-0.25, -0.2) is 0 Å². The van der Waals surface area contributed by atoms with Crippen LogP contribution in [0.5, 0.6) is 0 Å². The lowest BCUT2D eigenvalue weighted by Crippen LogP contribution is -1.98. The van der Waals surface area contributed by atoms with Crippen LogP contribution in [-0.2, 0) is 11.3 Å². The summed E-state index contributed by atoms with van der Waals surface area (Å²) in [5.74, 6) is 0.981. The number of hydrogen-bond acceptors (Lipinski definition) is 2. The molecule has 2 aromatic carbocycles. The second-order valence-corrected chi connectivity index (χ2v) is 5.83. The van der Waals surface area contributed by atoms with Gasteiger partial charge in [-0.05, 0) is 23.8 Å². The highest BCUT2D eigenvalue weighted by Crippen LogP contribution is 2.18. The van der Waals surface area contributed by atoms with E-state index in [0.29, 0.717) is 6.61 Å². The minimum Gasteiger partial charge on any atom is -0.376 e. The van der Waals surface area contributed by atoms with E-state index in [0.717, 1.165) is 16.8 Å². The van der Waals surface area contributed by atoms with E-state index in [1.807, 2.05) is 36.0 Å². The molecule has 0 radical (unpaired) electrons. The topological polar surface area (TPSA) is 9.23 Å². The Balaban J connectivity index is 1.66. The third-order valence-corrected chi connectivity index (χ3v) is 4.20. The summed E-state index contributed by atoms with van der Waals surface area (Å²) in [6, 6.07) is 18.6. The zero-order valence-electron chi connectivity index (χ0n) is 10.0. The smallest absolute Gasteiger partial charge is 0.0728 e. The molecule has 0 spiro atoms. The van der Waals surface area contributed by atoms with Crippen molar-refractivity contribution in [1.29, 1.82) is 0 Å². The average Bonchev–Trinajstić information content (AvgIpc) is 2.42. The molecule has 1 nitrogen and oxygen atoms in total. The van der Waals surface area contributed by atoms with E-state index in [2.05, 4.69) is 46.3 Å². The van der Waals surface area contributed by atoms with Gasteiger partial charge in [-0.1, -0.05) is 52.3 Å². The number of halogens is 1. The Morgan fingerprint density at radius 3 is 2.44 bits per heavy atom. The molecule has 2 aromatic rings. The third kappa shape index (κ3) is 4.48. The van der Waals surface area contributed by atoms with Crippen molar-refractivity contribution in [3.63, 3.8) is 0 Å². The molecule has 0 amide bonds. The molecular weight excluding hydrogens is 308 g/mol. The Hall–Kier alpha value is -0.770. The van der Waals surface area contributed by atoms with Gasteiger partial charge in [0.15, 0.2) is 0 Å². The fourth-order valence-electron chi connectivity index (χ4n) is 1.53. The molecule has 2 rings (SSSR count). The zero-order valence-corrected chi connectivity index (χ0v) is 12.4. The van der Waals surface area contributed by atoms with Gasteiger partial charge in [0.05, 0.1) is 13.2 Å².